The van der Waals surface area contributed by atoms with Crippen molar-refractivity contribution in [2.75, 3.05) is 0 Å². The van der Waals surface area contributed by atoms with Crippen LogP contribution in [-0.4, -0.2) is 11.9 Å². The van der Waals surface area contributed by atoms with Gasteiger partial charge in [0.15, 0.2) is 10.4 Å². The Morgan fingerprint density at radius 1 is 1.31 bits per heavy atom. The minimum atomic E-state index is -0.144. The molecule has 0 aromatic carbocycles. The molecule has 0 bridgehead atoms. The molecule has 1 fully saturated rings. The van der Waals surface area contributed by atoms with Gasteiger partial charge < -0.3 is 9.73 Å². The van der Waals surface area contributed by atoms with Gasteiger partial charge in [-0.25, -0.2) is 0 Å². The van der Waals surface area contributed by atoms with E-state index < -0.39 is 0 Å². The van der Waals surface area contributed by atoms with E-state index in [0.717, 1.165) is 0 Å². The third-order valence-corrected chi connectivity index (χ3v) is 4.52. The summed E-state index contributed by atoms with van der Waals surface area (Å²) in [7, 11) is 0. The molecular formula is C12H16BrNO2. The molecule has 0 atom stereocenters. The minimum Gasteiger partial charge on any atom is -0.444 e. The molecule has 0 unspecified atom stereocenters. The fourth-order valence-electron chi connectivity index (χ4n) is 2.20. The predicted octanol–water partition coefficient (Wildman–Crippen LogP) is 3.21. The molecule has 0 spiro atoms. The quantitative estimate of drug-likeness (QED) is 0.907. The lowest BCUT2D eigenvalue weighted by Crippen LogP contribution is -2.29. The second-order valence-corrected chi connectivity index (χ2v) is 6.24. The Morgan fingerprint density at radius 3 is 2.25 bits per heavy atom. The standard InChI is InChI=1S/C12H16BrNO2/c1-11(2)10(12(11,3)4)14-9(15)7-5-6-8(13)16-7/h5-6,10H,1-4H3,(H,14,15). The fraction of sp³-hybridized carbons (Fsp3) is 0.583. The second kappa shape index (κ2) is 3.36. The van der Waals surface area contributed by atoms with Crippen LogP contribution in [0.15, 0.2) is 21.2 Å². The summed E-state index contributed by atoms with van der Waals surface area (Å²) < 4.78 is 5.79. The van der Waals surface area contributed by atoms with Crippen LogP contribution < -0.4 is 5.32 Å². The summed E-state index contributed by atoms with van der Waals surface area (Å²) in [4.78, 5) is 11.9. The number of carbonyl (C=O) groups excluding carboxylic acids is 1. The van der Waals surface area contributed by atoms with E-state index in [1.807, 2.05) is 0 Å². The summed E-state index contributed by atoms with van der Waals surface area (Å²) in [5, 5.41) is 3.01. The lowest BCUT2D eigenvalue weighted by Gasteiger charge is -2.04. The van der Waals surface area contributed by atoms with Crippen LogP contribution >= 0.6 is 15.9 Å². The summed E-state index contributed by atoms with van der Waals surface area (Å²) in [6.45, 7) is 8.65. The monoisotopic (exact) mass is 285 g/mol. The van der Waals surface area contributed by atoms with Crippen LogP contribution in [0.1, 0.15) is 38.2 Å². The number of furan rings is 1. The first-order valence-electron chi connectivity index (χ1n) is 5.33. The summed E-state index contributed by atoms with van der Waals surface area (Å²) in [5.74, 6) is 0.208. The van der Waals surface area contributed by atoms with Crippen molar-refractivity contribution < 1.29 is 9.21 Å². The second-order valence-electron chi connectivity index (χ2n) is 5.45. The Labute approximate surface area is 104 Å². The van der Waals surface area contributed by atoms with E-state index in [1.54, 1.807) is 12.1 Å². The van der Waals surface area contributed by atoms with E-state index in [0.29, 0.717) is 10.4 Å². The zero-order valence-corrected chi connectivity index (χ0v) is 11.5. The summed E-state index contributed by atoms with van der Waals surface area (Å²) >= 11 is 3.18. The maximum atomic E-state index is 11.9. The SMILES string of the molecule is CC1(C)C(NC(=O)c2ccc(Br)o2)C1(C)C. The van der Waals surface area contributed by atoms with E-state index in [4.69, 9.17) is 4.42 Å². The fourth-order valence-corrected chi connectivity index (χ4v) is 2.50. The average molecular weight is 286 g/mol. The number of hydrogen-bond donors (Lipinski definition) is 1. The Bertz CT molecular complexity index is 420. The number of rotatable bonds is 2. The maximum absolute atomic E-state index is 11.9. The Balaban J connectivity index is 2.06. The van der Waals surface area contributed by atoms with Gasteiger partial charge in [-0.3, -0.25) is 4.79 Å². The van der Waals surface area contributed by atoms with Gasteiger partial charge in [0.25, 0.3) is 5.91 Å². The average Bonchev–Trinajstić information content (AvgIpc) is 2.58. The molecule has 0 saturated heterocycles. The molecule has 16 heavy (non-hydrogen) atoms. The molecule has 1 heterocycles. The van der Waals surface area contributed by atoms with Crippen LogP contribution in [0.25, 0.3) is 0 Å². The zero-order valence-electron chi connectivity index (χ0n) is 9.93. The number of halogens is 1. The molecule has 1 amide bonds. The van der Waals surface area contributed by atoms with Gasteiger partial charge in [-0.2, -0.15) is 0 Å². The number of nitrogens with one attached hydrogen (secondary N) is 1. The third kappa shape index (κ3) is 1.59. The number of amides is 1. The normalized spacial score (nSPS) is 21.8. The molecule has 3 nitrogen and oxygen atoms in total. The third-order valence-electron chi connectivity index (χ3n) is 4.09. The first-order valence-corrected chi connectivity index (χ1v) is 6.12. The van der Waals surface area contributed by atoms with Crippen LogP contribution in [0.5, 0.6) is 0 Å². The van der Waals surface area contributed by atoms with Gasteiger partial charge in [0.05, 0.1) is 0 Å². The molecule has 1 aliphatic rings. The van der Waals surface area contributed by atoms with E-state index in [1.165, 1.54) is 0 Å². The van der Waals surface area contributed by atoms with Crippen LogP contribution in [0.3, 0.4) is 0 Å². The van der Waals surface area contributed by atoms with Crippen LogP contribution in [0, 0.1) is 10.8 Å². The Kier molecular flexibility index (Phi) is 2.46. The largest absolute Gasteiger partial charge is 0.444 e. The smallest absolute Gasteiger partial charge is 0.287 e. The van der Waals surface area contributed by atoms with Gasteiger partial charge in [0.2, 0.25) is 0 Å². The van der Waals surface area contributed by atoms with E-state index >= 15 is 0 Å². The van der Waals surface area contributed by atoms with Crippen molar-refractivity contribution in [1.29, 1.82) is 0 Å². The highest BCUT2D eigenvalue weighted by atomic mass is 79.9. The molecule has 2 rings (SSSR count). The minimum absolute atomic E-state index is 0.144. The van der Waals surface area contributed by atoms with Crippen molar-refractivity contribution in [2.24, 2.45) is 10.8 Å². The van der Waals surface area contributed by atoms with Crippen LogP contribution in [0.2, 0.25) is 0 Å². The van der Waals surface area contributed by atoms with Gasteiger partial charge >= 0.3 is 0 Å². The highest BCUT2D eigenvalue weighted by Gasteiger charge is 2.65. The molecule has 0 aliphatic heterocycles. The number of carbonyl (C=O) groups is 1. The maximum Gasteiger partial charge on any atom is 0.287 e. The van der Waals surface area contributed by atoms with Crippen LogP contribution in [0.4, 0.5) is 0 Å². The highest BCUT2D eigenvalue weighted by molar-refractivity contribution is 9.10. The lowest BCUT2D eigenvalue weighted by atomic mass is 10.0. The first kappa shape index (κ1) is 11.7. The molecule has 1 aromatic rings. The molecule has 1 aromatic heterocycles. The summed E-state index contributed by atoms with van der Waals surface area (Å²) in [6.07, 6.45) is 0. The molecule has 1 saturated carbocycles. The van der Waals surface area contributed by atoms with Gasteiger partial charge in [0.1, 0.15) is 0 Å². The topological polar surface area (TPSA) is 42.2 Å². The zero-order chi connectivity index (χ0) is 12.1. The van der Waals surface area contributed by atoms with E-state index in [-0.39, 0.29) is 22.8 Å². The predicted molar refractivity (Wildman–Crippen MR) is 65.2 cm³/mol. The molecule has 1 aliphatic carbocycles. The molecule has 88 valence electrons. The van der Waals surface area contributed by atoms with Gasteiger partial charge in [-0.15, -0.1) is 0 Å². The molecule has 4 heteroatoms. The highest BCUT2D eigenvalue weighted by Crippen LogP contribution is 2.62. The molecular weight excluding hydrogens is 270 g/mol. The van der Waals surface area contributed by atoms with E-state index in [2.05, 4.69) is 48.9 Å². The Hall–Kier alpha value is -0.770. The van der Waals surface area contributed by atoms with Gasteiger partial charge in [0, 0.05) is 6.04 Å². The van der Waals surface area contributed by atoms with E-state index in [9.17, 15) is 4.79 Å². The molecule has 0 radical (unpaired) electrons. The van der Waals surface area contributed by atoms with Crippen molar-refractivity contribution in [1.82, 2.24) is 5.32 Å². The van der Waals surface area contributed by atoms with Crippen molar-refractivity contribution in [3.05, 3.63) is 22.6 Å². The van der Waals surface area contributed by atoms with Gasteiger partial charge in [-0.05, 0) is 38.9 Å². The van der Waals surface area contributed by atoms with Crippen molar-refractivity contribution in [2.45, 2.75) is 33.7 Å². The van der Waals surface area contributed by atoms with Crippen molar-refractivity contribution in [3.63, 3.8) is 0 Å². The summed E-state index contributed by atoms with van der Waals surface area (Å²) in [6, 6.07) is 3.59. The number of hydrogen-bond acceptors (Lipinski definition) is 2. The van der Waals surface area contributed by atoms with Gasteiger partial charge in [-0.1, -0.05) is 27.7 Å². The van der Waals surface area contributed by atoms with Crippen molar-refractivity contribution in [3.8, 4) is 0 Å². The molecule has 1 N–H and O–H groups in total. The Morgan fingerprint density at radius 2 is 1.88 bits per heavy atom. The first-order chi connectivity index (χ1) is 7.26. The van der Waals surface area contributed by atoms with Crippen molar-refractivity contribution >= 4 is 21.8 Å². The summed E-state index contributed by atoms with van der Waals surface area (Å²) in [5.41, 5.74) is 0.291. The lowest BCUT2D eigenvalue weighted by molar-refractivity contribution is 0.0914. The van der Waals surface area contributed by atoms with Crippen LogP contribution in [-0.2, 0) is 0 Å².